The molecule has 1 aliphatic carbocycles. The Hall–Kier alpha value is -3.19. The van der Waals surface area contributed by atoms with Gasteiger partial charge in [0.1, 0.15) is 12.2 Å². The van der Waals surface area contributed by atoms with E-state index < -0.39 is 41.0 Å². The molecule has 2 fully saturated rings. The van der Waals surface area contributed by atoms with Crippen molar-refractivity contribution in [1.82, 2.24) is 15.2 Å². The molecule has 1 saturated carbocycles. The van der Waals surface area contributed by atoms with E-state index in [9.17, 15) is 19.2 Å². The standard InChI is InChI=1S/C27H33FN6O2S/c1-16-12-18(22-17(2)31-15-37-22)6-7-19(16)13-30-24(35)21-20(28)8-11-34(21)25(36)23(26(3,4)5)32-33-27(14-29)9-10-27/h6-7,12,15,20-21,23H,8-11,13H2,1-5H3,(H,30,35)/b33-32+/t20-,21-,23+/m0/s1. The lowest BCUT2D eigenvalue weighted by atomic mass is 9.86. The third kappa shape index (κ3) is 5.72. The fraction of sp³-hybridized carbons (Fsp3) is 0.556. The number of benzene rings is 1. The van der Waals surface area contributed by atoms with E-state index in [1.165, 1.54) is 4.90 Å². The minimum atomic E-state index is -1.46. The number of azo groups is 1. The molecule has 0 bridgehead atoms. The first kappa shape index (κ1) is 26.9. The SMILES string of the molecule is Cc1cc(-c2scnc2C)ccc1CNC(=O)[C@@H]1[C@@H](F)CCN1C(=O)[C@@H](/N=N/C1(C#N)CC1)C(C)(C)C. The number of thiazole rings is 1. The highest BCUT2D eigenvalue weighted by Gasteiger charge is 2.48. The van der Waals surface area contributed by atoms with Crippen LogP contribution in [0.15, 0.2) is 33.9 Å². The Balaban J connectivity index is 1.46. The van der Waals surface area contributed by atoms with Crippen molar-refractivity contribution in [3.05, 3.63) is 40.5 Å². The molecular formula is C27H33FN6O2S. The van der Waals surface area contributed by atoms with Crippen molar-refractivity contribution in [2.45, 2.75) is 84.2 Å². The van der Waals surface area contributed by atoms with Gasteiger partial charge in [-0.1, -0.05) is 39.0 Å². The molecule has 0 radical (unpaired) electrons. The Bertz CT molecular complexity index is 1260. The molecule has 1 aliphatic heterocycles. The molecule has 10 heteroatoms. The summed E-state index contributed by atoms with van der Waals surface area (Å²) in [7, 11) is 0. The van der Waals surface area contributed by atoms with Crippen LogP contribution in [-0.4, -0.2) is 52.0 Å². The van der Waals surface area contributed by atoms with Gasteiger partial charge in [0.15, 0.2) is 11.6 Å². The van der Waals surface area contributed by atoms with Gasteiger partial charge in [0.2, 0.25) is 5.91 Å². The number of nitrogens with zero attached hydrogens (tertiary/aromatic N) is 5. The number of hydrogen-bond acceptors (Lipinski definition) is 7. The van der Waals surface area contributed by atoms with Crippen LogP contribution in [0.4, 0.5) is 4.39 Å². The van der Waals surface area contributed by atoms with E-state index in [0.29, 0.717) is 12.8 Å². The van der Waals surface area contributed by atoms with Gasteiger partial charge < -0.3 is 10.2 Å². The Kier molecular flexibility index (Phi) is 7.47. The Morgan fingerprint density at radius 3 is 2.65 bits per heavy atom. The highest BCUT2D eigenvalue weighted by molar-refractivity contribution is 7.13. The number of rotatable bonds is 7. The third-order valence-electron chi connectivity index (χ3n) is 7.03. The molecule has 2 aliphatic rings. The van der Waals surface area contributed by atoms with E-state index >= 15 is 0 Å². The number of nitrogens with one attached hydrogen (secondary N) is 1. The number of carbonyl (C=O) groups is 2. The quantitative estimate of drug-likeness (QED) is 0.519. The zero-order chi connectivity index (χ0) is 27.0. The normalized spacial score (nSPS) is 21.6. The van der Waals surface area contributed by atoms with Crippen molar-refractivity contribution in [1.29, 1.82) is 5.26 Å². The predicted octanol–water partition coefficient (Wildman–Crippen LogP) is 4.91. The lowest BCUT2D eigenvalue weighted by Crippen LogP contribution is -2.53. The van der Waals surface area contributed by atoms with Gasteiger partial charge >= 0.3 is 0 Å². The number of likely N-dealkylation sites (tertiary alicyclic amines) is 1. The van der Waals surface area contributed by atoms with Gasteiger partial charge in [-0.25, -0.2) is 9.37 Å². The lowest BCUT2D eigenvalue weighted by Gasteiger charge is -2.32. The molecular weight excluding hydrogens is 491 g/mol. The van der Waals surface area contributed by atoms with Crippen molar-refractivity contribution >= 4 is 23.2 Å². The Labute approximate surface area is 221 Å². The second kappa shape index (κ2) is 10.3. The van der Waals surface area contributed by atoms with Crippen molar-refractivity contribution < 1.29 is 14.0 Å². The molecule has 1 N–H and O–H groups in total. The van der Waals surface area contributed by atoms with E-state index in [1.807, 2.05) is 52.3 Å². The molecule has 37 heavy (non-hydrogen) atoms. The van der Waals surface area contributed by atoms with E-state index in [2.05, 4.69) is 32.7 Å². The zero-order valence-electron chi connectivity index (χ0n) is 21.9. The maximum absolute atomic E-state index is 14.9. The summed E-state index contributed by atoms with van der Waals surface area (Å²) in [4.78, 5) is 33.4. The average Bonchev–Trinajstić information content (AvgIpc) is 3.32. The zero-order valence-corrected chi connectivity index (χ0v) is 22.7. The summed E-state index contributed by atoms with van der Waals surface area (Å²) in [6, 6.07) is 6.00. The minimum Gasteiger partial charge on any atom is -0.350 e. The van der Waals surface area contributed by atoms with Crippen LogP contribution in [0.1, 0.15) is 56.9 Å². The van der Waals surface area contributed by atoms with Crippen molar-refractivity contribution in [3.8, 4) is 16.5 Å². The Morgan fingerprint density at radius 1 is 1.35 bits per heavy atom. The molecule has 2 aromatic rings. The fourth-order valence-corrected chi connectivity index (χ4v) is 5.28. The van der Waals surface area contributed by atoms with E-state index in [0.717, 1.165) is 27.3 Å². The second-order valence-corrected chi connectivity index (χ2v) is 11.9. The molecule has 4 rings (SSSR count). The maximum Gasteiger partial charge on any atom is 0.250 e. The largest absolute Gasteiger partial charge is 0.350 e. The number of alkyl halides is 1. The summed E-state index contributed by atoms with van der Waals surface area (Å²) in [5.74, 6) is -0.967. The van der Waals surface area contributed by atoms with Crippen LogP contribution in [0.2, 0.25) is 0 Å². The van der Waals surface area contributed by atoms with Gasteiger partial charge in [0, 0.05) is 13.1 Å². The summed E-state index contributed by atoms with van der Waals surface area (Å²) in [5.41, 5.74) is 4.31. The first-order valence-electron chi connectivity index (χ1n) is 12.5. The summed E-state index contributed by atoms with van der Waals surface area (Å²) >= 11 is 1.58. The van der Waals surface area contributed by atoms with E-state index in [1.54, 1.807) is 11.3 Å². The van der Waals surface area contributed by atoms with Crippen molar-refractivity contribution in [2.24, 2.45) is 15.6 Å². The highest BCUT2D eigenvalue weighted by Crippen LogP contribution is 2.40. The molecule has 1 aromatic heterocycles. The summed E-state index contributed by atoms with van der Waals surface area (Å²) in [6.45, 7) is 9.83. The van der Waals surface area contributed by atoms with Crippen LogP contribution in [0.5, 0.6) is 0 Å². The molecule has 8 nitrogen and oxygen atoms in total. The second-order valence-electron chi connectivity index (χ2n) is 11.0. The van der Waals surface area contributed by atoms with Gasteiger partial charge in [0.05, 0.1) is 22.2 Å². The number of amides is 2. The van der Waals surface area contributed by atoms with Crippen molar-refractivity contribution in [3.63, 3.8) is 0 Å². The number of halogens is 1. The van der Waals surface area contributed by atoms with Gasteiger partial charge in [-0.15, -0.1) is 11.3 Å². The minimum absolute atomic E-state index is 0.0852. The molecule has 1 aromatic carbocycles. The van der Waals surface area contributed by atoms with Crippen LogP contribution in [-0.2, 0) is 16.1 Å². The van der Waals surface area contributed by atoms with E-state index in [-0.39, 0.29) is 19.5 Å². The van der Waals surface area contributed by atoms with Crippen LogP contribution < -0.4 is 5.32 Å². The van der Waals surface area contributed by atoms with Crippen LogP contribution in [0.25, 0.3) is 10.4 Å². The van der Waals surface area contributed by atoms with Gasteiger partial charge in [-0.2, -0.15) is 15.5 Å². The fourth-order valence-electron chi connectivity index (χ4n) is 4.48. The summed E-state index contributed by atoms with van der Waals surface area (Å²) in [6.07, 6.45) is -0.150. The molecule has 0 spiro atoms. The number of hydrogen-bond donors (Lipinski definition) is 1. The first-order valence-corrected chi connectivity index (χ1v) is 13.4. The number of aryl methyl sites for hydroxylation is 2. The maximum atomic E-state index is 14.9. The van der Waals surface area contributed by atoms with Crippen LogP contribution in [0, 0.1) is 30.6 Å². The Morgan fingerprint density at radius 2 is 2.08 bits per heavy atom. The summed E-state index contributed by atoms with van der Waals surface area (Å²) < 4.78 is 14.9. The summed E-state index contributed by atoms with van der Waals surface area (Å²) in [5, 5.41) is 20.6. The van der Waals surface area contributed by atoms with Crippen LogP contribution in [0.3, 0.4) is 0 Å². The van der Waals surface area contributed by atoms with E-state index in [4.69, 9.17) is 0 Å². The lowest BCUT2D eigenvalue weighted by molar-refractivity contribution is -0.142. The molecule has 0 unspecified atom stereocenters. The first-order chi connectivity index (χ1) is 17.5. The molecule has 2 heterocycles. The molecule has 1 saturated heterocycles. The number of aromatic nitrogens is 1. The van der Waals surface area contributed by atoms with Crippen LogP contribution >= 0.6 is 11.3 Å². The van der Waals surface area contributed by atoms with Crippen molar-refractivity contribution in [2.75, 3.05) is 6.54 Å². The molecule has 3 atom stereocenters. The van der Waals surface area contributed by atoms with Gasteiger partial charge in [-0.05, 0) is 55.2 Å². The third-order valence-corrected chi connectivity index (χ3v) is 8.01. The van der Waals surface area contributed by atoms with Gasteiger partial charge in [0.25, 0.3) is 5.91 Å². The number of carbonyl (C=O) groups excluding carboxylic acids is 2. The number of nitriles is 1. The van der Waals surface area contributed by atoms with Gasteiger partial charge in [-0.3, -0.25) is 9.59 Å². The smallest absolute Gasteiger partial charge is 0.250 e. The highest BCUT2D eigenvalue weighted by atomic mass is 32.1. The average molecular weight is 525 g/mol. The molecule has 196 valence electrons. The topological polar surface area (TPSA) is 111 Å². The monoisotopic (exact) mass is 524 g/mol. The predicted molar refractivity (Wildman–Crippen MR) is 140 cm³/mol. The molecule has 2 amide bonds.